The van der Waals surface area contributed by atoms with Crippen LogP contribution in [0, 0.1) is 6.92 Å². The van der Waals surface area contributed by atoms with E-state index >= 15 is 0 Å². The summed E-state index contributed by atoms with van der Waals surface area (Å²) < 4.78 is 2.07. The second-order valence-corrected chi connectivity index (χ2v) is 10.9. The van der Waals surface area contributed by atoms with Crippen molar-refractivity contribution in [1.82, 2.24) is 24.6 Å². The first-order chi connectivity index (χ1) is 18.4. The van der Waals surface area contributed by atoms with E-state index in [0.29, 0.717) is 11.6 Å². The Hall–Kier alpha value is -3.56. The summed E-state index contributed by atoms with van der Waals surface area (Å²) in [5, 5.41) is 12.2. The van der Waals surface area contributed by atoms with Crippen molar-refractivity contribution in [3.8, 4) is 27.5 Å². The predicted octanol–water partition coefficient (Wildman–Crippen LogP) is 5.57. The molecule has 4 aromatic rings. The van der Waals surface area contributed by atoms with Crippen molar-refractivity contribution < 1.29 is 4.79 Å². The fourth-order valence-corrected chi connectivity index (χ4v) is 5.96. The Morgan fingerprint density at radius 2 is 2.00 bits per heavy atom. The zero-order valence-corrected chi connectivity index (χ0v) is 23.4. The molecule has 5 rings (SSSR count). The molecule has 0 atom stereocenters. The minimum Gasteiger partial charge on any atom is -0.370 e. The van der Waals surface area contributed by atoms with E-state index in [-0.39, 0.29) is 5.91 Å². The first-order valence-electron chi connectivity index (χ1n) is 13.3. The topological polar surface area (TPSA) is 88.0 Å². The van der Waals surface area contributed by atoms with E-state index in [9.17, 15) is 4.79 Å². The summed E-state index contributed by atoms with van der Waals surface area (Å²) in [5.74, 6) is 0.868. The van der Waals surface area contributed by atoms with Gasteiger partial charge in [-0.05, 0) is 83.9 Å². The third kappa shape index (κ3) is 5.49. The molecule has 38 heavy (non-hydrogen) atoms. The van der Waals surface area contributed by atoms with E-state index in [0.717, 1.165) is 83.4 Å². The number of benzene rings is 1. The fraction of sp³-hybridized carbons (Fsp3) is 0.379. The number of nitrogens with zero attached hydrogens (tertiary/aromatic N) is 5. The van der Waals surface area contributed by atoms with E-state index in [1.165, 1.54) is 5.56 Å². The van der Waals surface area contributed by atoms with Gasteiger partial charge in [-0.25, -0.2) is 14.6 Å². The maximum atomic E-state index is 12.6. The standard InChI is InChI=1S/C29H35N7OS/c1-5-30-24-16-15-20(18-31-24)26-21-11-8-12-22-28(27(21)36(34-26)23-13-7-6-10-19(23)2)38-29(32-22)33-25(37)14-9-17-35(3)4/h6-7,10,13,15-16,18H,5,8-9,11-12,14,17H2,1-4H3,(H,30,31)(H,32,33,37). The lowest BCUT2D eigenvalue weighted by Crippen LogP contribution is -2.17. The molecule has 0 radical (unpaired) electrons. The highest BCUT2D eigenvalue weighted by molar-refractivity contribution is 7.19. The van der Waals surface area contributed by atoms with Gasteiger partial charge in [0.2, 0.25) is 5.91 Å². The second-order valence-electron chi connectivity index (χ2n) is 9.94. The van der Waals surface area contributed by atoms with Crippen LogP contribution in [0.1, 0.15) is 43.0 Å². The third-order valence-electron chi connectivity index (χ3n) is 6.73. The summed E-state index contributed by atoms with van der Waals surface area (Å²) in [7, 11) is 4.04. The molecule has 0 saturated carbocycles. The van der Waals surface area contributed by atoms with Gasteiger partial charge in [-0.15, -0.1) is 0 Å². The zero-order chi connectivity index (χ0) is 26.6. The summed E-state index contributed by atoms with van der Waals surface area (Å²) >= 11 is 1.55. The third-order valence-corrected chi connectivity index (χ3v) is 7.75. The van der Waals surface area contributed by atoms with Gasteiger partial charge in [-0.3, -0.25) is 4.79 Å². The summed E-state index contributed by atoms with van der Waals surface area (Å²) in [4.78, 5) is 25.3. The van der Waals surface area contributed by atoms with Gasteiger partial charge >= 0.3 is 0 Å². The number of hydrogen-bond donors (Lipinski definition) is 2. The molecule has 1 aromatic carbocycles. The number of thiazole rings is 1. The van der Waals surface area contributed by atoms with Crippen LogP contribution >= 0.6 is 11.3 Å². The number of anilines is 2. The Bertz CT molecular complexity index is 1420. The van der Waals surface area contributed by atoms with Crippen LogP contribution in [-0.4, -0.2) is 57.7 Å². The highest BCUT2D eigenvalue weighted by Crippen LogP contribution is 2.43. The molecular formula is C29H35N7OS. The quantitative estimate of drug-likeness (QED) is 0.295. The van der Waals surface area contributed by atoms with Crippen LogP contribution in [0.25, 0.3) is 27.5 Å². The van der Waals surface area contributed by atoms with Crippen LogP contribution in [-0.2, 0) is 17.6 Å². The molecule has 0 aliphatic heterocycles. The maximum Gasteiger partial charge on any atom is 0.226 e. The van der Waals surface area contributed by atoms with E-state index in [1.54, 1.807) is 11.3 Å². The van der Waals surface area contributed by atoms with Crippen LogP contribution < -0.4 is 10.6 Å². The number of rotatable bonds is 9. The number of aryl methyl sites for hydroxylation is 2. The number of fused-ring (bicyclic) bond motifs is 3. The lowest BCUT2D eigenvalue weighted by molar-refractivity contribution is -0.116. The average molecular weight is 530 g/mol. The van der Waals surface area contributed by atoms with Crippen LogP contribution in [0.15, 0.2) is 42.6 Å². The van der Waals surface area contributed by atoms with Gasteiger partial charge in [0, 0.05) is 30.3 Å². The molecule has 0 saturated heterocycles. The fourth-order valence-electron chi connectivity index (χ4n) is 4.88. The van der Waals surface area contributed by atoms with Gasteiger partial charge in [0.15, 0.2) is 5.13 Å². The smallest absolute Gasteiger partial charge is 0.226 e. The van der Waals surface area contributed by atoms with E-state index in [4.69, 9.17) is 10.1 Å². The number of carbonyl (C=O) groups excluding carboxylic acids is 1. The molecule has 1 aliphatic rings. The van der Waals surface area contributed by atoms with E-state index in [1.807, 2.05) is 38.5 Å². The Kier molecular flexibility index (Phi) is 7.85. The molecular weight excluding hydrogens is 494 g/mol. The van der Waals surface area contributed by atoms with Crippen LogP contribution in [0.3, 0.4) is 0 Å². The maximum absolute atomic E-state index is 12.6. The number of hydrogen-bond acceptors (Lipinski definition) is 7. The molecule has 3 aromatic heterocycles. The average Bonchev–Trinajstić information content (AvgIpc) is 3.41. The summed E-state index contributed by atoms with van der Waals surface area (Å²) in [6.45, 7) is 5.88. The largest absolute Gasteiger partial charge is 0.370 e. The highest BCUT2D eigenvalue weighted by atomic mass is 32.1. The molecule has 0 fully saturated rings. The van der Waals surface area contributed by atoms with E-state index in [2.05, 4.69) is 57.2 Å². The lowest BCUT2D eigenvalue weighted by Gasteiger charge is -2.10. The Morgan fingerprint density at radius 1 is 1.16 bits per heavy atom. The number of nitrogens with one attached hydrogen (secondary N) is 2. The van der Waals surface area contributed by atoms with Crippen molar-refractivity contribution in [3.63, 3.8) is 0 Å². The van der Waals surface area contributed by atoms with Crippen LogP contribution in [0.4, 0.5) is 10.9 Å². The van der Waals surface area contributed by atoms with Gasteiger partial charge in [-0.1, -0.05) is 29.5 Å². The monoisotopic (exact) mass is 529 g/mol. The van der Waals surface area contributed by atoms with E-state index < -0.39 is 0 Å². The molecule has 8 nitrogen and oxygen atoms in total. The van der Waals surface area contributed by atoms with Gasteiger partial charge in [0.25, 0.3) is 0 Å². The van der Waals surface area contributed by atoms with Crippen molar-refractivity contribution in [1.29, 1.82) is 0 Å². The van der Waals surface area contributed by atoms with Gasteiger partial charge < -0.3 is 15.5 Å². The van der Waals surface area contributed by atoms with Crippen LogP contribution in [0.5, 0.6) is 0 Å². The summed E-state index contributed by atoms with van der Waals surface area (Å²) in [6, 6.07) is 12.4. The second kappa shape index (κ2) is 11.4. The number of carbonyl (C=O) groups is 1. The molecule has 0 bridgehead atoms. The Balaban J connectivity index is 1.57. The number of pyridine rings is 1. The summed E-state index contributed by atoms with van der Waals surface area (Å²) in [6.07, 6.45) is 5.94. The molecule has 2 N–H and O–H groups in total. The lowest BCUT2D eigenvalue weighted by atomic mass is 10.0. The van der Waals surface area contributed by atoms with Crippen molar-refractivity contribution in [2.75, 3.05) is 37.8 Å². The minimum absolute atomic E-state index is 0.0101. The molecule has 1 aliphatic carbocycles. The molecule has 9 heteroatoms. The normalized spacial score (nSPS) is 12.7. The number of amides is 1. The van der Waals surface area contributed by atoms with Gasteiger partial charge in [-0.2, -0.15) is 5.10 Å². The minimum atomic E-state index is 0.0101. The molecule has 1 amide bonds. The zero-order valence-electron chi connectivity index (χ0n) is 22.5. The van der Waals surface area contributed by atoms with Crippen molar-refractivity contribution in [2.24, 2.45) is 0 Å². The molecule has 0 spiro atoms. The number of aromatic nitrogens is 4. The predicted molar refractivity (Wildman–Crippen MR) is 155 cm³/mol. The highest BCUT2D eigenvalue weighted by Gasteiger charge is 2.29. The first-order valence-corrected chi connectivity index (χ1v) is 14.1. The SMILES string of the molecule is CCNc1ccc(-c2nn(-c3ccccc3C)c3c2CCCc2nc(NC(=O)CCCN(C)C)sc2-3)cn1. The first kappa shape index (κ1) is 26.1. The van der Waals surface area contributed by atoms with Crippen molar-refractivity contribution in [2.45, 2.75) is 46.0 Å². The molecule has 3 heterocycles. The van der Waals surface area contributed by atoms with Gasteiger partial charge in [0.05, 0.1) is 27.6 Å². The van der Waals surface area contributed by atoms with Crippen molar-refractivity contribution >= 4 is 28.2 Å². The van der Waals surface area contributed by atoms with Crippen LogP contribution in [0.2, 0.25) is 0 Å². The Labute approximate surface area is 228 Å². The number of para-hydroxylation sites is 1. The summed E-state index contributed by atoms with van der Waals surface area (Å²) in [5.41, 5.74) is 7.45. The Morgan fingerprint density at radius 3 is 2.74 bits per heavy atom. The molecule has 198 valence electrons. The molecule has 0 unspecified atom stereocenters. The van der Waals surface area contributed by atoms with Gasteiger partial charge in [0.1, 0.15) is 5.82 Å². The van der Waals surface area contributed by atoms with Crippen molar-refractivity contribution in [3.05, 3.63) is 59.4 Å².